The highest BCUT2D eigenvalue weighted by molar-refractivity contribution is 4.89. The quantitative estimate of drug-likeness (QED) is 0.402. The first-order valence-corrected chi connectivity index (χ1v) is 8.13. The molecule has 1 heterocycles. The minimum atomic E-state index is -1.29. The van der Waals surface area contributed by atoms with Crippen molar-refractivity contribution in [3.05, 3.63) is 12.3 Å². The Hall–Kier alpha value is -0.620. The molecule has 0 unspecified atom stereocenters. The maximum Gasteiger partial charge on any atom is 0.185 e. The summed E-state index contributed by atoms with van der Waals surface area (Å²) in [4.78, 5) is 0. The molecular formula is C16H30O5. The van der Waals surface area contributed by atoms with Gasteiger partial charge in [-0.15, -0.1) is 0 Å². The lowest BCUT2D eigenvalue weighted by Crippen LogP contribution is -2.35. The number of hydrogen-bond donors (Lipinski definition) is 3. The van der Waals surface area contributed by atoms with Gasteiger partial charge in [0.2, 0.25) is 0 Å². The summed E-state index contributed by atoms with van der Waals surface area (Å²) in [5.74, 6) is 0. The molecule has 0 aromatic rings. The summed E-state index contributed by atoms with van der Waals surface area (Å²) < 4.78 is 10.3. The van der Waals surface area contributed by atoms with E-state index in [9.17, 15) is 10.2 Å². The highest BCUT2D eigenvalue weighted by atomic mass is 16.7. The van der Waals surface area contributed by atoms with E-state index < -0.39 is 24.6 Å². The first-order chi connectivity index (χ1) is 10.2. The van der Waals surface area contributed by atoms with Crippen LogP contribution in [0.2, 0.25) is 0 Å². The van der Waals surface area contributed by atoms with Crippen molar-refractivity contribution in [1.29, 1.82) is 0 Å². The Kier molecular flexibility index (Phi) is 9.67. The summed E-state index contributed by atoms with van der Waals surface area (Å²) in [6.07, 6.45) is 9.47. The summed E-state index contributed by atoms with van der Waals surface area (Å²) in [6, 6.07) is 0. The fourth-order valence-corrected chi connectivity index (χ4v) is 2.47. The summed E-state index contributed by atoms with van der Waals surface area (Å²) in [7, 11) is 0. The van der Waals surface area contributed by atoms with Gasteiger partial charge in [-0.2, -0.15) is 0 Å². The van der Waals surface area contributed by atoms with Gasteiger partial charge in [0.05, 0.1) is 12.9 Å². The molecule has 5 nitrogen and oxygen atoms in total. The van der Waals surface area contributed by atoms with Gasteiger partial charge in [0.25, 0.3) is 0 Å². The van der Waals surface area contributed by atoms with Crippen LogP contribution in [0.25, 0.3) is 0 Å². The zero-order valence-electron chi connectivity index (χ0n) is 13.0. The van der Waals surface area contributed by atoms with Gasteiger partial charge in [-0.3, -0.25) is 0 Å². The van der Waals surface area contributed by atoms with E-state index in [2.05, 4.69) is 6.92 Å². The average Bonchev–Trinajstić information content (AvgIpc) is 2.76. The summed E-state index contributed by atoms with van der Waals surface area (Å²) in [5, 5.41) is 28.1. The van der Waals surface area contributed by atoms with Crippen molar-refractivity contribution in [2.45, 2.75) is 82.9 Å². The molecule has 124 valence electrons. The molecule has 1 aliphatic heterocycles. The van der Waals surface area contributed by atoms with Gasteiger partial charge in [-0.05, 0) is 18.9 Å². The lowest BCUT2D eigenvalue weighted by molar-refractivity contribution is -0.132. The van der Waals surface area contributed by atoms with Gasteiger partial charge in [-0.1, -0.05) is 45.4 Å². The van der Waals surface area contributed by atoms with Gasteiger partial charge < -0.3 is 24.8 Å². The van der Waals surface area contributed by atoms with Crippen molar-refractivity contribution in [3.63, 3.8) is 0 Å². The Labute approximate surface area is 127 Å². The monoisotopic (exact) mass is 302 g/mol. The van der Waals surface area contributed by atoms with Gasteiger partial charge in [0.15, 0.2) is 12.4 Å². The fraction of sp³-hybridized carbons (Fsp3) is 0.875. The topological polar surface area (TPSA) is 79.2 Å². The molecule has 1 aliphatic rings. The number of allylic oxidation sites excluding steroid dienone is 1. The van der Waals surface area contributed by atoms with Crippen molar-refractivity contribution in [3.8, 4) is 0 Å². The Bertz CT molecular complexity index is 282. The number of aliphatic hydroxyl groups is 3. The molecule has 0 aliphatic carbocycles. The van der Waals surface area contributed by atoms with Crippen LogP contribution in [0, 0.1) is 0 Å². The lowest BCUT2D eigenvalue weighted by atomic mass is 10.1. The molecule has 21 heavy (non-hydrogen) atoms. The van der Waals surface area contributed by atoms with Crippen molar-refractivity contribution >= 4 is 0 Å². The molecule has 1 rings (SSSR count). The standard InChI is InChI=1S/C16H30O5/c1-2-3-4-5-6-7-8-9-10-11-20-15-13(12-17)21-16(19)14(15)18/h10-11,13-19H,2-9,12H2,1H3/b11-10+/t13-,14+,15-,16-/m1/s1. The van der Waals surface area contributed by atoms with E-state index in [0.29, 0.717) is 0 Å². The second kappa shape index (κ2) is 11.0. The minimum Gasteiger partial charge on any atom is -0.493 e. The third-order valence-corrected chi connectivity index (χ3v) is 3.80. The summed E-state index contributed by atoms with van der Waals surface area (Å²) >= 11 is 0. The number of hydrogen-bond acceptors (Lipinski definition) is 5. The number of unbranched alkanes of at least 4 members (excludes halogenated alkanes) is 7. The molecular weight excluding hydrogens is 272 g/mol. The molecule has 1 saturated heterocycles. The normalized spacial score (nSPS) is 29.3. The minimum absolute atomic E-state index is 0.287. The molecule has 0 aromatic heterocycles. The zero-order chi connectivity index (χ0) is 15.5. The Morgan fingerprint density at radius 1 is 1.05 bits per heavy atom. The van der Waals surface area contributed by atoms with Crippen molar-refractivity contribution in [1.82, 2.24) is 0 Å². The first-order valence-electron chi connectivity index (χ1n) is 8.13. The molecule has 0 spiro atoms. The molecule has 0 saturated carbocycles. The average molecular weight is 302 g/mol. The largest absolute Gasteiger partial charge is 0.493 e. The van der Waals surface area contributed by atoms with Crippen LogP contribution >= 0.6 is 0 Å². The first kappa shape index (κ1) is 18.4. The molecule has 0 radical (unpaired) electrons. The second-order valence-corrected chi connectivity index (χ2v) is 5.62. The van der Waals surface area contributed by atoms with Gasteiger partial charge in [0, 0.05) is 0 Å². The maximum atomic E-state index is 9.66. The fourth-order valence-electron chi connectivity index (χ4n) is 2.47. The second-order valence-electron chi connectivity index (χ2n) is 5.62. The Morgan fingerprint density at radius 3 is 2.38 bits per heavy atom. The number of aliphatic hydroxyl groups excluding tert-OH is 3. The van der Waals surface area contributed by atoms with Crippen LogP contribution in [0.5, 0.6) is 0 Å². The van der Waals surface area contributed by atoms with Crippen LogP contribution in [0.15, 0.2) is 12.3 Å². The summed E-state index contributed by atoms with van der Waals surface area (Å²) in [5.41, 5.74) is 0. The van der Waals surface area contributed by atoms with E-state index in [1.54, 1.807) is 0 Å². The number of rotatable bonds is 11. The molecule has 3 N–H and O–H groups in total. The van der Waals surface area contributed by atoms with Crippen LogP contribution in [-0.4, -0.2) is 46.5 Å². The SMILES string of the molecule is CCCCCCCCC/C=C/O[C@H]1[C@H](O)[C@H](O)O[C@@H]1CO. The van der Waals surface area contributed by atoms with Gasteiger partial charge in [-0.25, -0.2) is 0 Å². The van der Waals surface area contributed by atoms with E-state index >= 15 is 0 Å². The van der Waals surface area contributed by atoms with E-state index in [-0.39, 0.29) is 6.61 Å². The summed E-state index contributed by atoms with van der Waals surface area (Å²) in [6.45, 7) is 1.93. The van der Waals surface area contributed by atoms with Crippen LogP contribution in [0.4, 0.5) is 0 Å². The van der Waals surface area contributed by atoms with Gasteiger partial charge >= 0.3 is 0 Å². The van der Waals surface area contributed by atoms with Crippen LogP contribution < -0.4 is 0 Å². The van der Waals surface area contributed by atoms with E-state index in [0.717, 1.165) is 12.8 Å². The van der Waals surface area contributed by atoms with E-state index in [4.69, 9.17) is 14.6 Å². The Morgan fingerprint density at radius 2 is 1.71 bits per heavy atom. The van der Waals surface area contributed by atoms with Crippen molar-refractivity contribution in [2.24, 2.45) is 0 Å². The zero-order valence-corrected chi connectivity index (χ0v) is 13.0. The molecule has 5 heteroatoms. The highest BCUT2D eigenvalue weighted by Crippen LogP contribution is 2.22. The molecule has 1 fully saturated rings. The number of ether oxygens (including phenoxy) is 2. The molecule has 4 atom stereocenters. The third kappa shape index (κ3) is 6.78. The van der Waals surface area contributed by atoms with Crippen LogP contribution in [0.1, 0.15) is 58.3 Å². The van der Waals surface area contributed by atoms with Crippen LogP contribution in [-0.2, 0) is 9.47 Å². The third-order valence-electron chi connectivity index (χ3n) is 3.80. The molecule has 0 aromatic carbocycles. The predicted octanol–water partition coefficient (Wildman–Crippen LogP) is 2.10. The van der Waals surface area contributed by atoms with E-state index in [1.165, 1.54) is 44.8 Å². The smallest absolute Gasteiger partial charge is 0.185 e. The molecule has 0 bridgehead atoms. The van der Waals surface area contributed by atoms with Gasteiger partial charge in [0.1, 0.15) is 12.2 Å². The van der Waals surface area contributed by atoms with E-state index in [1.807, 2.05) is 6.08 Å². The maximum absolute atomic E-state index is 9.66. The predicted molar refractivity (Wildman–Crippen MR) is 80.6 cm³/mol. The molecule has 0 amide bonds. The van der Waals surface area contributed by atoms with Crippen LogP contribution in [0.3, 0.4) is 0 Å². The highest BCUT2D eigenvalue weighted by Gasteiger charge is 2.43. The lowest BCUT2D eigenvalue weighted by Gasteiger charge is -2.17. The van der Waals surface area contributed by atoms with Crippen molar-refractivity contribution in [2.75, 3.05) is 6.61 Å². The Balaban J connectivity index is 2.06. The van der Waals surface area contributed by atoms with Crippen molar-refractivity contribution < 1.29 is 24.8 Å².